The summed E-state index contributed by atoms with van der Waals surface area (Å²) < 4.78 is 16.0. The van der Waals surface area contributed by atoms with E-state index in [4.69, 9.17) is 25.6 Å². The van der Waals surface area contributed by atoms with Gasteiger partial charge in [0.05, 0.1) is 20.8 Å². The molecule has 0 aliphatic carbocycles. The minimum absolute atomic E-state index is 0.537. The summed E-state index contributed by atoms with van der Waals surface area (Å²) >= 11 is 5.90. The lowest BCUT2D eigenvalue weighted by atomic mass is 10.2. The van der Waals surface area contributed by atoms with Gasteiger partial charge >= 0.3 is 0 Å². The van der Waals surface area contributed by atoms with Crippen LogP contribution in [0.1, 0.15) is 11.5 Å². The second-order valence-corrected chi connectivity index (χ2v) is 6.32. The number of benzene rings is 2. The number of hydrogen-bond donors (Lipinski definition) is 0. The van der Waals surface area contributed by atoms with Crippen molar-refractivity contribution in [2.75, 3.05) is 21.3 Å². The second kappa shape index (κ2) is 8.21. The van der Waals surface area contributed by atoms with Gasteiger partial charge in [0.1, 0.15) is 0 Å². The van der Waals surface area contributed by atoms with Crippen LogP contribution in [0.4, 0.5) is 0 Å². The van der Waals surface area contributed by atoms with Crippen LogP contribution in [0.15, 0.2) is 47.0 Å². The minimum Gasteiger partial charge on any atom is -0.493 e. The first kappa shape index (κ1) is 18.2. The monoisotopic (exact) mass is 373 g/mol. The highest BCUT2D eigenvalue weighted by Gasteiger charge is 2.12. The fourth-order valence-corrected chi connectivity index (χ4v) is 2.74. The van der Waals surface area contributed by atoms with Crippen molar-refractivity contribution in [2.45, 2.75) is 13.1 Å². The van der Waals surface area contributed by atoms with Crippen LogP contribution >= 0.6 is 11.6 Å². The zero-order valence-corrected chi connectivity index (χ0v) is 15.7. The van der Waals surface area contributed by atoms with Gasteiger partial charge in [0.25, 0.3) is 0 Å². The summed E-state index contributed by atoms with van der Waals surface area (Å²) in [6.07, 6.45) is 0. The Hall–Kier alpha value is -2.57. The smallest absolute Gasteiger partial charge is 0.241 e. The normalized spacial score (nSPS) is 11.0. The Labute approximate surface area is 157 Å². The molecular weight excluding hydrogens is 354 g/mol. The van der Waals surface area contributed by atoms with Gasteiger partial charge in [-0.05, 0) is 49.0 Å². The zero-order valence-electron chi connectivity index (χ0n) is 14.9. The molecule has 0 radical (unpaired) electrons. The average molecular weight is 374 g/mol. The van der Waals surface area contributed by atoms with E-state index >= 15 is 0 Å². The lowest BCUT2D eigenvalue weighted by molar-refractivity contribution is 0.260. The van der Waals surface area contributed by atoms with E-state index in [1.54, 1.807) is 26.4 Å². The number of rotatable bonds is 7. The SMILES string of the molecule is COc1ccc(CN(C)Cc2nc(-c3ccc(Cl)cc3)no2)cc1OC. The molecule has 3 rings (SSSR count). The van der Waals surface area contributed by atoms with E-state index in [2.05, 4.69) is 15.0 Å². The van der Waals surface area contributed by atoms with Crippen LogP contribution in [0, 0.1) is 0 Å². The molecule has 0 fully saturated rings. The van der Waals surface area contributed by atoms with E-state index < -0.39 is 0 Å². The third-order valence-electron chi connectivity index (χ3n) is 3.88. The largest absolute Gasteiger partial charge is 0.493 e. The maximum absolute atomic E-state index is 5.90. The van der Waals surface area contributed by atoms with Crippen molar-refractivity contribution >= 4 is 11.6 Å². The van der Waals surface area contributed by atoms with E-state index in [1.165, 1.54) is 0 Å². The number of hydrogen-bond acceptors (Lipinski definition) is 6. The van der Waals surface area contributed by atoms with Crippen LogP contribution in [-0.4, -0.2) is 36.3 Å². The van der Waals surface area contributed by atoms with Gasteiger partial charge in [0.2, 0.25) is 11.7 Å². The Morgan fingerprint density at radius 1 is 1.00 bits per heavy atom. The van der Waals surface area contributed by atoms with Crippen LogP contribution in [-0.2, 0) is 13.1 Å². The summed E-state index contributed by atoms with van der Waals surface area (Å²) in [4.78, 5) is 6.53. The van der Waals surface area contributed by atoms with Gasteiger partial charge in [-0.3, -0.25) is 4.90 Å². The third kappa shape index (κ3) is 4.33. The highest BCUT2D eigenvalue weighted by molar-refractivity contribution is 6.30. The predicted octanol–water partition coefficient (Wildman–Crippen LogP) is 4.04. The van der Waals surface area contributed by atoms with Crippen molar-refractivity contribution in [1.29, 1.82) is 0 Å². The molecule has 7 heteroatoms. The second-order valence-electron chi connectivity index (χ2n) is 5.88. The minimum atomic E-state index is 0.537. The van der Waals surface area contributed by atoms with Crippen LogP contribution < -0.4 is 9.47 Å². The van der Waals surface area contributed by atoms with Gasteiger partial charge in [0, 0.05) is 17.1 Å². The first-order chi connectivity index (χ1) is 12.6. The van der Waals surface area contributed by atoms with Crippen molar-refractivity contribution in [3.05, 3.63) is 58.9 Å². The first-order valence-corrected chi connectivity index (χ1v) is 8.45. The van der Waals surface area contributed by atoms with Gasteiger partial charge in [-0.1, -0.05) is 22.8 Å². The summed E-state index contributed by atoms with van der Waals surface area (Å²) in [5.74, 6) is 2.53. The van der Waals surface area contributed by atoms with Gasteiger partial charge in [0.15, 0.2) is 11.5 Å². The summed E-state index contributed by atoms with van der Waals surface area (Å²) in [5.41, 5.74) is 1.97. The molecule has 136 valence electrons. The molecule has 0 saturated heterocycles. The van der Waals surface area contributed by atoms with E-state index in [9.17, 15) is 0 Å². The number of ether oxygens (including phenoxy) is 2. The quantitative estimate of drug-likeness (QED) is 0.623. The molecule has 0 bridgehead atoms. The van der Waals surface area contributed by atoms with Crippen molar-refractivity contribution in [1.82, 2.24) is 15.0 Å². The molecule has 0 N–H and O–H groups in total. The molecule has 0 aliphatic heterocycles. The molecule has 26 heavy (non-hydrogen) atoms. The van der Waals surface area contributed by atoms with Gasteiger partial charge in [-0.25, -0.2) is 0 Å². The van der Waals surface area contributed by atoms with Crippen LogP contribution in [0.3, 0.4) is 0 Å². The fraction of sp³-hybridized carbons (Fsp3) is 0.263. The van der Waals surface area contributed by atoms with Gasteiger partial charge < -0.3 is 14.0 Å². The van der Waals surface area contributed by atoms with Gasteiger partial charge in [-0.2, -0.15) is 4.98 Å². The van der Waals surface area contributed by atoms with E-state index in [0.717, 1.165) is 11.1 Å². The Kier molecular flexibility index (Phi) is 5.75. The number of methoxy groups -OCH3 is 2. The number of nitrogens with zero attached hydrogens (tertiary/aromatic N) is 3. The molecule has 2 aromatic carbocycles. The number of halogens is 1. The predicted molar refractivity (Wildman–Crippen MR) is 99.5 cm³/mol. The average Bonchev–Trinajstić information content (AvgIpc) is 3.10. The molecule has 0 spiro atoms. The van der Waals surface area contributed by atoms with Gasteiger partial charge in [-0.15, -0.1) is 0 Å². The molecule has 3 aromatic rings. The highest BCUT2D eigenvalue weighted by Crippen LogP contribution is 2.28. The third-order valence-corrected chi connectivity index (χ3v) is 4.13. The fourth-order valence-electron chi connectivity index (χ4n) is 2.61. The van der Waals surface area contributed by atoms with E-state index in [1.807, 2.05) is 37.4 Å². The van der Waals surface area contributed by atoms with E-state index in [-0.39, 0.29) is 0 Å². The molecule has 0 saturated carbocycles. The maximum Gasteiger partial charge on any atom is 0.241 e. The molecule has 0 unspecified atom stereocenters. The first-order valence-electron chi connectivity index (χ1n) is 8.07. The van der Waals surface area contributed by atoms with Crippen LogP contribution in [0.5, 0.6) is 11.5 Å². The topological polar surface area (TPSA) is 60.6 Å². The zero-order chi connectivity index (χ0) is 18.5. The summed E-state index contributed by atoms with van der Waals surface area (Å²) in [6, 6.07) is 13.2. The molecule has 0 amide bonds. The lowest BCUT2D eigenvalue weighted by Crippen LogP contribution is -2.17. The molecule has 0 aliphatic rings. The molecule has 6 nitrogen and oxygen atoms in total. The summed E-state index contributed by atoms with van der Waals surface area (Å²) in [5, 5.41) is 4.71. The Morgan fingerprint density at radius 2 is 1.73 bits per heavy atom. The Bertz CT molecular complexity index is 865. The van der Waals surface area contributed by atoms with Crippen molar-refractivity contribution < 1.29 is 14.0 Å². The molecule has 1 aromatic heterocycles. The van der Waals surface area contributed by atoms with Crippen molar-refractivity contribution in [2.24, 2.45) is 0 Å². The van der Waals surface area contributed by atoms with Crippen molar-refractivity contribution in [3.63, 3.8) is 0 Å². The lowest BCUT2D eigenvalue weighted by Gasteiger charge is -2.15. The molecule has 1 heterocycles. The molecular formula is C19H20ClN3O3. The van der Waals surface area contributed by atoms with Crippen LogP contribution in [0.2, 0.25) is 5.02 Å². The number of aromatic nitrogens is 2. The molecule has 0 atom stereocenters. The Balaban J connectivity index is 1.65. The van der Waals surface area contributed by atoms with Crippen molar-refractivity contribution in [3.8, 4) is 22.9 Å². The van der Waals surface area contributed by atoms with E-state index in [0.29, 0.717) is 41.3 Å². The summed E-state index contributed by atoms with van der Waals surface area (Å²) in [7, 11) is 5.24. The summed E-state index contributed by atoms with van der Waals surface area (Å²) in [6.45, 7) is 1.24. The highest BCUT2D eigenvalue weighted by atomic mass is 35.5. The standard InChI is InChI=1S/C19H20ClN3O3/c1-23(11-13-4-9-16(24-2)17(10-13)25-3)12-18-21-19(22-26-18)14-5-7-15(20)8-6-14/h4-10H,11-12H2,1-3H3. The van der Waals surface area contributed by atoms with Crippen LogP contribution in [0.25, 0.3) is 11.4 Å². The Morgan fingerprint density at radius 3 is 2.42 bits per heavy atom. The maximum atomic E-state index is 5.90.